The topological polar surface area (TPSA) is 69.9 Å². The van der Waals surface area contributed by atoms with Gasteiger partial charge in [-0.05, 0) is 13.3 Å². The van der Waals surface area contributed by atoms with Crippen molar-refractivity contribution in [3.63, 3.8) is 0 Å². The van der Waals surface area contributed by atoms with Gasteiger partial charge < -0.3 is 20.1 Å². The smallest absolute Gasteiger partial charge is 0.108 e. The van der Waals surface area contributed by atoms with Crippen LogP contribution in [0.4, 0.5) is 0 Å². The van der Waals surface area contributed by atoms with Gasteiger partial charge in [0, 0.05) is 6.61 Å². The lowest BCUT2D eigenvalue weighted by atomic mass is 10.1. The van der Waals surface area contributed by atoms with E-state index in [0.29, 0.717) is 13.0 Å². The maximum atomic E-state index is 9.37. The van der Waals surface area contributed by atoms with E-state index in [4.69, 9.17) is 14.9 Å². The Kier molecular flexibility index (Phi) is 6.28. The van der Waals surface area contributed by atoms with Crippen molar-refractivity contribution in [2.24, 2.45) is 0 Å². The van der Waals surface area contributed by atoms with Crippen LogP contribution < -0.4 is 0 Å². The molecule has 1 unspecified atom stereocenters. The average Bonchev–Trinajstić information content (AvgIpc) is 2.11. The third-order valence-corrected chi connectivity index (χ3v) is 1.75. The molecule has 0 aromatic carbocycles. The largest absolute Gasteiger partial charge is 0.394 e. The molecule has 74 valence electrons. The molecule has 0 fully saturated rings. The average molecular weight is 178 g/mol. The summed E-state index contributed by atoms with van der Waals surface area (Å²) in [6.45, 7) is 3.73. The predicted molar refractivity (Wildman–Crippen MR) is 44.8 cm³/mol. The molecule has 0 aromatic heterocycles. The van der Waals surface area contributed by atoms with Gasteiger partial charge in [0.1, 0.15) is 12.2 Å². The minimum absolute atomic E-state index is 0.392. The fourth-order valence-corrected chi connectivity index (χ4v) is 1.03. The Balaban J connectivity index is 3.91. The van der Waals surface area contributed by atoms with Crippen molar-refractivity contribution in [2.75, 3.05) is 13.2 Å². The molecule has 0 bridgehead atoms. The van der Waals surface area contributed by atoms with Gasteiger partial charge >= 0.3 is 0 Å². The number of aliphatic hydroxyl groups excluding tert-OH is 3. The van der Waals surface area contributed by atoms with Crippen molar-refractivity contribution in [1.29, 1.82) is 0 Å². The second-order valence-electron chi connectivity index (χ2n) is 2.64. The molecule has 0 rings (SSSR count). The van der Waals surface area contributed by atoms with Crippen LogP contribution in [0.2, 0.25) is 0 Å². The van der Waals surface area contributed by atoms with Gasteiger partial charge in [-0.1, -0.05) is 6.92 Å². The van der Waals surface area contributed by atoms with Crippen molar-refractivity contribution in [3.8, 4) is 0 Å². The molecule has 4 nitrogen and oxygen atoms in total. The Hall–Kier alpha value is -0.160. The van der Waals surface area contributed by atoms with Gasteiger partial charge in [-0.2, -0.15) is 0 Å². The van der Waals surface area contributed by atoms with E-state index in [1.54, 1.807) is 0 Å². The Labute approximate surface area is 72.8 Å². The standard InChI is InChI=1S/C8H18O4/c1-3-7(12-4-2)8(11)6(10)5-9/h6-11H,3-5H2,1-2H3/t6-,7?,8+/m1/s1. The molecular formula is C8H18O4. The third-order valence-electron chi connectivity index (χ3n) is 1.75. The molecule has 0 radical (unpaired) electrons. The van der Waals surface area contributed by atoms with Gasteiger partial charge in [0.15, 0.2) is 0 Å². The fraction of sp³-hybridized carbons (Fsp3) is 1.00. The van der Waals surface area contributed by atoms with E-state index in [1.165, 1.54) is 0 Å². The minimum Gasteiger partial charge on any atom is -0.394 e. The van der Waals surface area contributed by atoms with Crippen LogP contribution in [0.25, 0.3) is 0 Å². The summed E-state index contributed by atoms with van der Waals surface area (Å²) < 4.78 is 5.15. The molecule has 0 amide bonds. The highest BCUT2D eigenvalue weighted by atomic mass is 16.5. The van der Waals surface area contributed by atoms with Crippen molar-refractivity contribution in [1.82, 2.24) is 0 Å². The molecule has 12 heavy (non-hydrogen) atoms. The van der Waals surface area contributed by atoms with Gasteiger partial charge in [-0.25, -0.2) is 0 Å². The van der Waals surface area contributed by atoms with Crippen LogP contribution in [-0.2, 0) is 4.74 Å². The zero-order valence-corrected chi connectivity index (χ0v) is 7.60. The minimum atomic E-state index is -1.11. The first-order chi connectivity index (χ1) is 5.67. The van der Waals surface area contributed by atoms with Crippen LogP contribution in [0.1, 0.15) is 20.3 Å². The van der Waals surface area contributed by atoms with Gasteiger partial charge in [0.2, 0.25) is 0 Å². The van der Waals surface area contributed by atoms with Crippen LogP contribution in [0.15, 0.2) is 0 Å². The Morgan fingerprint density at radius 1 is 1.25 bits per heavy atom. The lowest BCUT2D eigenvalue weighted by Gasteiger charge is -2.24. The number of aliphatic hydroxyl groups is 3. The molecule has 0 aliphatic carbocycles. The SMILES string of the molecule is CCOC(CC)[C@@H](O)[C@H](O)CO. The number of hydrogen-bond acceptors (Lipinski definition) is 4. The molecule has 0 saturated heterocycles. The summed E-state index contributed by atoms with van der Waals surface area (Å²) in [5, 5.41) is 27.0. The second-order valence-corrected chi connectivity index (χ2v) is 2.64. The zero-order valence-electron chi connectivity index (χ0n) is 7.60. The molecule has 0 heterocycles. The maximum absolute atomic E-state index is 9.37. The van der Waals surface area contributed by atoms with Crippen molar-refractivity contribution in [3.05, 3.63) is 0 Å². The number of hydrogen-bond donors (Lipinski definition) is 3. The molecule has 4 heteroatoms. The number of ether oxygens (including phenoxy) is 1. The van der Waals surface area contributed by atoms with E-state index in [1.807, 2.05) is 13.8 Å². The molecule has 0 spiro atoms. The van der Waals surface area contributed by atoms with E-state index in [2.05, 4.69) is 0 Å². The van der Waals surface area contributed by atoms with Gasteiger partial charge in [-0.3, -0.25) is 0 Å². The van der Waals surface area contributed by atoms with Gasteiger partial charge in [-0.15, -0.1) is 0 Å². The summed E-state index contributed by atoms with van der Waals surface area (Å²) in [5.41, 5.74) is 0. The molecular weight excluding hydrogens is 160 g/mol. The first-order valence-electron chi connectivity index (χ1n) is 4.25. The van der Waals surface area contributed by atoms with Gasteiger partial charge in [0.05, 0.1) is 12.7 Å². The highest BCUT2D eigenvalue weighted by Gasteiger charge is 2.24. The molecule has 0 saturated carbocycles. The lowest BCUT2D eigenvalue weighted by molar-refractivity contribution is -0.100. The molecule has 3 N–H and O–H groups in total. The van der Waals surface area contributed by atoms with Crippen LogP contribution in [-0.4, -0.2) is 46.8 Å². The fourth-order valence-electron chi connectivity index (χ4n) is 1.03. The second kappa shape index (κ2) is 6.37. The third kappa shape index (κ3) is 3.49. The number of rotatable bonds is 6. The van der Waals surface area contributed by atoms with Crippen molar-refractivity contribution < 1.29 is 20.1 Å². The highest BCUT2D eigenvalue weighted by Crippen LogP contribution is 2.07. The molecule has 0 aliphatic rings. The summed E-state index contributed by atoms with van der Waals surface area (Å²) in [5.74, 6) is 0. The van der Waals surface area contributed by atoms with Crippen LogP contribution >= 0.6 is 0 Å². The Morgan fingerprint density at radius 2 is 1.83 bits per heavy atom. The highest BCUT2D eigenvalue weighted by molar-refractivity contribution is 4.74. The summed E-state index contributed by atoms with van der Waals surface area (Å²) in [6.07, 6.45) is -1.88. The normalized spacial score (nSPS) is 18.8. The van der Waals surface area contributed by atoms with Crippen molar-refractivity contribution >= 4 is 0 Å². The first-order valence-corrected chi connectivity index (χ1v) is 4.25. The van der Waals surface area contributed by atoms with E-state index in [-0.39, 0.29) is 0 Å². The monoisotopic (exact) mass is 178 g/mol. The summed E-state index contributed by atoms with van der Waals surface area (Å²) in [6, 6.07) is 0. The maximum Gasteiger partial charge on any atom is 0.108 e. The zero-order chi connectivity index (χ0) is 9.56. The van der Waals surface area contributed by atoms with E-state index in [9.17, 15) is 5.11 Å². The molecule has 0 aliphatic heterocycles. The summed E-state index contributed by atoms with van der Waals surface area (Å²) in [4.78, 5) is 0. The van der Waals surface area contributed by atoms with Crippen LogP contribution in [0.5, 0.6) is 0 Å². The van der Waals surface area contributed by atoms with E-state index < -0.39 is 24.9 Å². The van der Waals surface area contributed by atoms with Gasteiger partial charge in [0.25, 0.3) is 0 Å². The quantitative estimate of drug-likeness (QED) is 0.513. The summed E-state index contributed by atoms with van der Waals surface area (Å²) >= 11 is 0. The van der Waals surface area contributed by atoms with Crippen LogP contribution in [0, 0.1) is 0 Å². The molecule has 3 atom stereocenters. The van der Waals surface area contributed by atoms with E-state index >= 15 is 0 Å². The lowest BCUT2D eigenvalue weighted by Crippen LogP contribution is -2.40. The Bertz CT molecular complexity index is 107. The van der Waals surface area contributed by atoms with Crippen LogP contribution in [0.3, 0.4) is 0 Å². The Morgan fingerprint density at radius 3 is 2.17 bits per heavy atom. The summed E-state index contributed by atoms with van der Waals surface area (Å²) in [7, 11) is 0. The first kappa shape index (κ1) is 11.8. The molecule has 0 aromatic rings. The predicted octanol–water partition coefficient (Wildman–Crippen LogP) is -0.484. The van der Waals surface area contributed by atoms with E-state index in [0.717, 1.165) is 0 Å². The van der Waals surface area contributed by atoms with Crippen molar-refractivity contribution in [2.45, 2.75) is 38.6 Å².